The average molecular weight is 228 g/mol. The number of benzene rings is 2. The number of hydrogen-bond donors (Lipinski definition) is 1. The Morgan fingerprint density at radius 3 is 2.35 bits per heavy atom. The van der Waals surface area contributed by atoms with Crippen molar-refractivity contribution < 1.29 is 14.6 Å². The third kappa shape index (κ3) is 2.45. The van der Waals surface area contributed by atoms with Gasteiger partial charge < -0.3 is 9.84 Å². The summed E-state index contributed by atoms with van der Waals surface area (Å²) in [7, 11) is 1.55. The first kappa shape index (κ1) is 11.2. The first-order valence-corrected chi connectivity index (χ1v) is 5.18. The lowest BCUT2D eigenvalue weighted by Crippen LogP contribution is -2.01. The Kier molecular flexibility index (Phi) is 3.10. The van der Waals surface area contributed by atoms with Crippen molar-refractivity contribution in [1.82, 2.24) is 0 Å². The van der Waals surface area contributed by atoms with Crippen molar-refractivity contribution in [3.05, 3.63) is 59.7 Å². The van der Waals surface area contributed by atoms with Crippen LogP contribution in [0.4, 0.5) is 0 Å². The predicted molar refractivity (Wildman–Crippen MR) is 64.5 cm³/mol. The van der Waals surface area contributed by atoms with Crippen LogP contribution in [0.1, 0.15) is 15.9 Å². The summed E-state index contributed by atoms with van der Waals surface area (Å²) < 4.78 is 5.06. The molecule has 0 aliphatic rings. The fraction of sp³-hybridized carbons (Fsp3) is 0.0714. The lowest BCUT2D eigenvalue weighted by atomic mass is 10.0. The lowest BCUT2D eigenvalue weighted by Gasteiger charge is -2.04. The largest absolute Gasteiger partial charge is 0.508 e. The third-order valence-corrected chi connectivity index (χ3v) is 2.44. The number of carbonyl (C=O) groups excluding carboxylic acids is 1. The van der Waals surface area contributed by atoms with E-state index in [0.29, 0.717) is 16.9 Å². The maximum atomic E-state index is 12.1. The molecule has 0 bridgehead atoms. The van der Waals surface area contributed by atoms with Crippen LogP contribution < -0.4 is 4.74 Å². The molecule has 0 aromatic heterocycles. The fourth-order valence-corrected chi connectivity index (χ4v) is 1.58. The van der Waals surface area contributed by atoms with Crippen LogP contribution in [0.2, 0.25) is 0 Å². The Morgan fingerprint density at radius 2 is 1.71 bits per heavy atom. The molecular weight excluding hydrogens is 216 g/mol. The number of methoxy groups -OCH3 is 1. The van der Waals surface area contributed by atoms with E-state index in [1.54, 1.807) is 43.5 Å². The molecule has 2 aromatic rings. The van der Waals surface area contributed by atoms with Crippen molar-refractivity contribution in [2.75, 3.05) is 7.11 Å². The quantitative estimate of drug-likeness (QED) is 0.821. The maximum absolute atomic E-state index is 12.1. The lowest BCUT2D eigenvalue weighted by molar-refractivity contribution is 0.103. The van der Waals surface area contributed by atoms with Gasteiger partial charge in [-0.25, -0.2) is 0 Å². The smallest absolute Gasteiger partial charge is 0.193 e. The van der Waals surface area contributed by atoms with Gasteiger partial charge in [-0.15, -0.1) is 0 Å². The minimum absolute atomic E-state index is 0.0822. The SMILES string of the molecule is COc1cccc(C(=O)c2cccc(O)c2)c1. The number of phenols is 1. The minimum atomic E-state index is -0.139. The standard InChI is InChI=1S/C14H12O3/c1-17-13-7-3-5-11(9-13)14(16)10-4-2-6-12(15)8-10/h2-9,15H,1H3. The van der Waals surface area contributed by atoms with Gasteiger partial charge in [0.25, 0.3) is 0 Å². The van der Waals surface area contributed by atoms with Crippen LogP contribution in [0.5, 0.6) is 11.5 Å². The summed E-state index contributed by atoms with van der Waals surface area (Å²) >= 11 is 0. The summed E-state index contributed by atoms with van der Waals surface area (Å²) in [5.74, 6) is 0.578. The van der Waals surface area contributed by atoms with E-state index >= 15 is 0 Å². The third-order valence-electron chi connectivity index (χ3n) is 2.44. The number of rotatable bonds is 3. The number of phenolic OH excluding ortho intramolecular Hbond substituents is 1. The molecule has 0 spiro atoms. The molecule has 0 aliphatic carbocycles. The van der Waals surface area contributed by atoms with Gasteiger partial charge in [0.15, 0.2) is 5.78 Å². The number of ketones is 1. The molecule has 3 nitrogen and oxygen atoms in total. The van der Waals surface area contributed by atoms with Gasteiger partial charge in [-0.05, 0) is 24.3 Å². The van der Waals surface area contributed by atoms with Gasteiger partial charge in [-0.2, -0.15) is 0 Å². The second-order valence-corrected chi connectivity index (χ2v) is 3.61. The number of carbonyl (C=O) groups is 1. The van der Waals surface area contributed by atoms with Gasteiger partial charge in [0.1, 0.15) is 11.5 Å². The first-order valence-electron chi connectivity index (χ1n) is 5.18. The number of ether oxygens (including phenoxy) is 1. The Hall–Kier alpha value is -2.29. The van der Waals surface area contributed by atoms with Gasteiger partial charge in [-0.3, -0.25) is 4.79 Å². The van der Waals surface area contributed by atoms with Gasteiger partial charge in [-0.1, -0.05) is 24.3 Å². The summed E-state index contributed by atoms with van der Waals surface area (Å²) in [5.41, 5.74) is 0.994. The molecule has 0 fully saturated rings. The van der Waals surface area contributed by atoms with E-state index in [2.05, 4.69) is 0 Å². The summed E-state index contributed by atoms with van der Waals surface area (Å²) in [4.78, 5) is 12.1. The summed E-state index contributed by atoms with van der Waals surface area (Å²) in [6.07, 6.45) is 0. The molecule has 0 aliphatic heterocycles. The summed E-state index contributed by atoms with van der Waals surface area (Å²) in [6, 6.07) is 13.2. The van der Waals surface area contributed by atoms with Gasteiger partial charge in [0.05, 0.1) is 7.11 Å². The zero-order valence-corrected chi connectivity index (χ0v) is 9.38. The minimum Gasteiger partial charge on any atom is -0.508 e. The molecule has 1 N–H and O–H groups in total. The maximum Gasteiger partial charge on any atom is 0.193 e. The molecule has 0 amide bonds. The first-order chi connectivity index (χ1) is 8.20. The van der Waals surface area contributed by atoms with Crippen LogP contribution in [-0.2, 0) is 0 Å². The molecule has 17 heavy (non-hydrogen) atoms. The van der Waals surface area contributed by atoms with Crippen molar-refractivity contribution in [1.29, 1.82) is 0 Å². The number of aromatic hydroxyl groups is 1. The van der Waals surface area contributed by atoms with E-state index < -0.39 is 0 Å². The predicted octanol–water partition coefficient (Wildman–Crippen LogP) is 2.63. The highest BCUT2D eigenvalue weighted by Crippen LogP contribution is 2.18. The van der Waals surface area contributed by atoms with E-state index in [0.717, 1.165) is 0 Å². The van der Waals surface area contributed by atoms with Crippen LogP contribution in [0.3, 0.4) is 0 Å². The highest BCUT2D eigenvalue weighted by Gasteiger charge is 2.10. The van der Waals surface area contributed by atoms with Gasteiger partial charge in [0, 0.05) is 11.1 Å². The Morgan fingerprint density at radius 1 is 1.06 bits per heavy atom. The second-order valence-electron chi connectivity index (χ2n) is 3.61. The van der Waals surface area contributed by atoms with E-state index in [-0.39, 0.29) is 11.5 Å². The fourth-order valence-electron chi connectivity index (χ4n) is 1.58. The van der Waals surface area contributed by atoms with Crippen LogP contribution in [0, 0.1) is 0 Å². The zero-order valence-electron chi connectivity index (χ0n) is 9.38. The molecule has 2 rings (SSSR count). The molecule has 0 heterocycles. The number of hydrogen-bond acceptors (Lipinski definition) is 3. The Bertz CT molecular complexity index is 547. The summed E-state index contributed by atoms with van der Waals surface area (Å²) in [5, 5.41) is 9.33. The van der Waals surface area contributed by atoms with Crippen LogP contribution in [0.25, 0.3) is 0 Å². The van der Waals surface area contributed by atoms with Crippen LogP contribution >= 0.6 is 0 Å². The normalized spacial score (nSPS) is 9.94. The van der Waals surface area contributed by atoms with Crippen molar-refractivity contribution in [3.8, 4) is 11.5 Å². The molecule has 3 heteroatoms. The molecule has 0 saturated heterocycles. The highest BCUT2D eigenvalue weighted by atomic mass is 16.5. The molecular formula is C14H12O3. The Labute approximate surface area is 99.3 Å². The molecule has 0 saturated carbocycles. The van der Waals surface area contributed by atoms with Crippen molar-refractivity contribution in [2.45, 2.75) is 0 Å². The van der Waals surface area contributed by atoms with Crippen LogP contribution in [0.15, 0.2) is 48.5 Å². The van der Waals surface area contributed by atoms with Crippen LogP contribution in [-0.4, -0.2) is 18.0 Å². The molecule has 0 atom stereocenters. The molecule has 0 radical (unpaired) electrons. The average Bonchev–Trinajstić information content (AvgIpc) is 2.38. The molecule has 0 unspecified atom stereocenters. The van der Waals surface area contributed by atoms with E-state index in [9.17, 15) is 9.90 Å². The van der Waals surface area contributed by atoms with E-state index in [1.165, 1.54) is 12.1 Å². The zero-order chi connectivity index (χ0) is 12.3. The van der Waals surface area contributed by atoms with E-state index in [1.807, 2.05) is 0 Å². The Balaban J connectivity index is 2.36. The molecule has 86 valence electrons. The van der Waals surface area contributed by atoms with Gasteiger partial charge >= 0.3 is 0 Å². The monoisotopic (exact) mass is 228 g/mol. The second kappa shape index (κ2) is 4.70. The van der Waals surface area contributed by atoms with Crippen molar-refractivity contribution in [2.24, 2.45) is 0 Å². The molecule has 2 aromatic carbocycles. The topological polar surface area (TPSA) is 46.5 Å². The van der Waals surface area contributed by atoms with Crippen molar-refractivity contribution in [3.63, 3.8) is 0 Å². The summed E-state index contributed by atoms with van der Waals surface area (Å²) in [6.45, 7) is 0. The van der Waals surface area contributed by atoms with E-state index in [4.69, 9.17) is 4.74 Å². The van der Waals surface area contributed by atoms with Crippen molar-refractivity contribution >= 4 is 5.78 Å². The van der Waals surface area contributed by atoms with Gasteiger partial charge in [0.2, 0.25) is 0 Å². The highest BCUT2D eigenvalue weighted by molar-refractivity contribution is 6.09.